The third-order valence-corrected chi connectivity index (χ3v) is 12.8. The molecule has 0 amide bonds. The monoisotopic (exact) mass is 798 g/mol. The van der Waals surface area contributed by atoms with Gasteiger partial charge in [0.25, 0.3) is 0 Å². The predicted molar refractivity (Wildman–Crippen MR) is 245 cm³/mol. The van der Waals surface area contributed by atoms with Gasteiger partial charge in [-0.05, 0) is 45.2 Å². The Morgan fingerprint density at radius 2 is 0.554 bits per heavy atom. The fraction of sp³-hybridized carbons (Fsp3) is 0.981. The fourth-order valence-corrected chi connectivity index (χ4v) is 8.90. The molecule has 0 radical (unpaired) electrons. The summed E-state index contributed by atoms with van der Waals surface area (Å²) < 4.78 is 0. The van der Waals surface area contributed by atoms with Gasteiger partial charge in [0.2, 0.25) is 0 Å². The van der Waals surface area contributed by atoms with E-state index in [-0.39, 0.29) is 36.0 Å². The molecule has 3 nitrogen and oxygen atoms in total. The molecule has 0 aliphatic carbocycles. The summed E-state index contributed by atoms with van der Waals surface area (Å²) in [4.78, 5) is 13.9. The van der Waals surface area contributed by atoms with Crippen LogP contribution < -0.4 is 34.7 Å². The zero-order chi connectivity index (χ0) is 40.0. The molecule has 4 heteroatoms. The maximum atomic E-state index is 11.2. The first-order chi connectivity index (χ1) is 27.2. The van der Waals surface area contributed by atoms with Crippen molar-refractivity contribution >= 4 is 5.97 Å². The normalized spacial score (nSPS) is 12.1. The Kier molecular flexibility index (Phi) is 53.9. The predicted octanol–water partition coefficient (Wildman–Crippen LogP) is 14.0. The summed E-state index contributed by atoms with van der Waals surface area (Å²) in [6, 6.07) is 0.396. The third kappa shape index (κ3) is 47.1. The minimum atomic E-state index is -0.887. The quantitative estimate of drug-likeness (QED) is 0.0455. The Bertz CT molecular complexity index is 671. The Hall–Kier alpha value is 0.430. The standard InChI is InChI=1S/C52H105NO2.Na/c1-4-7-9-11-13-15-17-19-21-23-25-27-29-31-33-35-37-39-41-43-45-49-53(51(6-3)47-48-52(54)55)50-46-44-42-40-38-36-34-32-30-28-26-24-22-20-18-16-14-12-10-8-5-2;/h51H,4-50H2,1-3H3,(H,54,55);/q;+1/p-1. The van der Waals surface area contributed by atoms with Crippen LogP contribution in [-0.4, -0.2) is 30.0 Å². The Labute approximate surface area is 376 Å². The van der Waals surface area contributed by atoms with Crippen LogP contribution in [0.4, 0.5) is 0 Å². The smallest absolute Gasteiger partial charge is 0.550 e. The van der Waals surface area contributed by atoms with Crippen molar-refractivity contribution in [3.05, 3.63) is 0 Å². The first kappa shape index (κ1) is 58.5. The summed E-state index contributed by atoms with van der Waals surface area (Å²) >= 11 is 0. The van der Waals surface area contributed by atoms with Crippen LogP contribution >= 0.6 is 0 Å². The van der Waals surface area contributed by atoms with Crippen molar-refractivity contribution in [2.75, 3.05) is 13.1 Å². The molecular formula is C52H104NNaO2. The van der Waals surface area contributed by atoms with Gasteiger partial charge in [0.1, 0.15) is 0 Å². The van der Waals surface area contributed by atoms with Crippen LogP contribution in [0.15, 0.2) is 0 Å². The van der Waals surface area contributed by atoms with Crippen molar-refractivity contribution in [3.63, 3.8) is 0 Å². The van der Waals surface area contributed by atoms with Crippen LogP contribution in [0.5, 0.6) is 0 Å². The van der Waals surface area contributed by atoms with Gasteiger partial charge in [-0.15, -0.1) is 0 Å². The van der Waals surface area contributed by atoms with Crippen LogP contribution in [0, 0.1) is 0 Å². The summed E-state index contributed by atoms with van der Waals surface area (Å²) in [5.41, 5.74) is 0. The summed E-state index contributed by atoms with van der Waals surface area (Å²) in [6.45, 7) is 9.13. The van der Waals surface area contributed by atoms with E-state index in [0.717, 1.165) is 25.9 Å². The van der Waals surface area contributed by atoms with Crippen molar-refractivity contribution in [2.45, 2.75) is 316 Å². The zero-order valence-electron chi connectivity index (χ0n) is 39.6. The molecule has 0 aromatic carbocycles. The van der Waals surface area contributed by atoms with Gasteiger partial charge in [-0.1, -0.05) is 278 Å². The average molecular weight is 798 g/mol. The first-order valence-electron chi connectivity index (χ1n) is 26.1. The third-order valence-electron chi connectivity index (χ3n) is 12.8. The number of unbranched alkanes of at least 4 members (excludes halogenated alkanes) is 40. The van der Waals surface area contributed by atoms with Crippen molar-refractivity contribution in [1.82, 2.24) is 4.90 Å². The van der Waals surface area contributed by atoms with Gasteiger partial charge < -0.3 is 14.8 Å². The number of hydrogen-bond donors (Lipinski definition) is 0. The fourth-order valence-electron chi connectivity index (χ4n) is 8.90. The molecule has 0 saturated heterocycles. The molecule has 1 atom stereocenters. The number of hydrogen-bond acceptors (Lipinski definition) is 3. The van der Waals surface area contributed by atoms with Crippen LogP contribution in [-0.2, 0) is 4.79 Å². The van der Waals surface area contributed by atoms with E-state index in [2.05, 4.69) is 25.7 Å². The molecule has 0 aliphatic rings. The molecule has 330 valence electrons. The van der Waals surface area contributed by atoms with Gasteiger partial charge in [0.15, 0.2) is 0 Å². The number of carboxylic acids is 1. The van der Waals surface area contributed by atoms with Crippen LogP contribution in [0.1, 0.15) is 310 Å². The summed E-state index contributed by atoms with van der Waals surface area (Å²) in [5, 5.41) is 11.2. The van der Waals surface area contributed by atoms with Crippen LogP contribution in [0.2, 0.25) is 0 Å². The van der Waals surface area contributed by atoms with Crippen LogP contribution in [0.25, 0.3) is 0 Å². The van der Waals surface area contributed by atoms with Gasteiger partial charge in [0, 0.05) is 12.0 Å². The largest absolute Gasteiger partial charge is 1.00 e. The van der Waals surface area contributed by atoms with Gasteiger partial charge >= 0.3 is 29.6 Å². The van der Waals surface area contributed by atoms with Crippen molar-refractivity contribution in [1.29, 1.82) is 0 Å². The number of carbonyl (C=O) groups is 1. The van der Waals surface area contributed by atoms with E-state index in [1.54, 1.807) is 0 Å². The van der Waals surface area contributed by atoms with Crippen molar-refractivity contribution in [3.8, 4) is 0 Å². The second-order valence-electron chi connectivity index (χ2n) is 18.2. The van der Waals surface area contributed by atoms with E-state index in [4.69, 9.17) is 0 Å². The molecule has 0 aromatic heterocycles. The molecule has 0 heterocycles. The van der Waals surface area contributed by atoms with Crippen molar-refractivity contribution < 1.29 is 39.5 Å². The van der Waals surface area contributed by atoms with E-state index in [9.17, 15) is 9.90 Å². The van der Waals surface area contributed by atoms with E-state index in [0.29, 0.717) is 6.04 Å². The van der Waals surface area contributed by atoms with Gasteiger partial charge in [-0.3, -0.25) is 0 Å². The second kappa shape index (κ2) is 51.6. The Morgan fingerprint density at radius 3 is 0.732 bits per heavy atom. The van der Waals surface area contributed by atoms with Gasteiger partial charge in [-0.25, -0.2) is 0 Å². The van der Waals surface area contributed by atoms with Crippen molar-refractivity contribution in [2.24, 2.45) is 0 Å². The maximum absolute atomic E-state index is 11.2. The van der Waals surface area contributed by atoms with Gasteiger partial charge in [-0.2, -0.15) is 0 Å². The topological polar surface area (TPSA) is 43.4 Å². The molecule has 56 heavy (non-hydrogen) atoms. The molecule has 0 aromatic rings. The number of carboxylic acid groups (broad SMARTS) is 1. The van der Waals surface area contributed by atoms with Crippen LogP contribution in [0.3, 0.4) is 0 Å². The molecule has 1 unspecified atom stereocenters. The van der Waals surface area contributed by atoms with E-state index >= 15 is 0 Å². The van der Waals surface area contributed by atoms with Gasteiger partial charge in [0.05, 0.1) is 0 Å². The summed E-state index contributed by atoms with van der Waals surface area (Å²) in [5.74, 6) is -0.887. The van der Waals surface area contributed by atoms with E-state index in [1.165, 1.54) is 270 Å². The van der Waals surface area contributed by atoms with E-state index < -0.39 is 5.97 Å². The van der Waals surface area contributed by atoms with E-state index in [1.807, 2.05) is 0 Å². The maximum Gasteiger partial charge on any atom is 1.00 e. The second-order valence-corrected chi connectivity index (χ2v) is 18.2. The average Bonchev–Trinajstić information content (AvgIpc) is 3.18. The number of carbonyl (C=O) groups excluding carboxylic acids is 1. The molecule has 0 fully saturated rings. The molecular weight excluding hydrogens is 694 g/mol. The molecule has 0 bridgehead atoms. The SMILES string of the molecule is CCCCCCCCCCCCCCCCCCCCCCCN(CCCCCCCCCCCCCCCCCCCCCCC)C(CC)CCC(=O)[O-].[Na+]. The molecule has 0 rings (SSSR count). The molecule has 0 saturated carbocycles. The Balaban J connectivity index is 0. The Morgan fingerprint density at radius 1 is 0.357 bits per heavy atom. The summed E-state index contributed by atoms with van der Waals surface area (Å²) in [6.07, 6.45) is 61.8. The number of aliphatic carboxylic acids is 1. The first-order valence-corrected chi connectivity index (χ1v) is 26.1. The minimum Gasteiger partial charge on any atom is -0.550 e. The molecule has 0 N–H and O–H groups in total. The number of nitrogens with zero attached hydrogens (tertiary/aromatic N) is 1. The molecule has 0 spiro atoms. The minimum absolute atomic E-state index is 0. The molecule has 0 aliphatic heterocycles. The summed E-state index contributed by atoms with van der Waals surface area (Å²) in [7, 11) is 0. The zero-order valence-corrected chi connectivity index (χ0v) is 41.6. The number of rotatable bonds is 49.